The summed E-state index contributed by atoms with van der Waals surface area (Å²) >= 11 is 0. The van der Waals surface area contributed by atoms with Gasteiger partial charge in [0.05, 0.1) is 0 Å². The number of anilines is 2. The number of hydrogen-bond acceptors (Lipinski definition) is 4. The lowest BCUT2D eigenvalue weighted by Crippen LogP contribution is -2.15. The molecule has 1 aliphatic heterocycles. The lowest BCUT2D eigenvalue weighted by Gasteiger charge is -2.18. The van der Waals surface area contributed by atoms with Gasteiger partial charge in [0, 0.05) is 24.1 Å². The number of fused-ring (bicyclic) bond motifs is 1. The molecule has 2 heterocycles. The van der Waals surface area contributed by atoms with Crippen molar-refractivity contribution in [2.75, 3.05) is 18.5 Å². The molecule has 5 nitrogen and oxygen atoms in total. The molecule has 0 radical (unpaired) electrons. The van der Waals surface area contributed by atoms with Gasteiger partial charge < -0.3 is 19.8 Å². The van der Waals surface area contributed by atoms with Crippen LogP contribution in [0.5, 0.6) is 11.5 Å². The van der Waals surface area contributed by atoms with Gasteiger partial charge in [-0.1, -0.05) is 0 Å². The monoisotopic (exact) mass is 217 g/mol. The van der Waals surface area contributed by atoms with E-state index in [0.29, 0.717) is 19.2 Å². The number of nitrogens with one attached hydrogen (secondary N) is 2. The predicted molar refractivity (Wildman–Crippen MR) is 59.3 cm³/mol. The van der Waals surface area contributed by atoms with E-state index in [2.05, 4.69) is 15.3 Å². The second-order valence-electron chi connectivity index (χ2n) is 3.42. The van der Waals surface area contributed by atoms with Crippen molar-refractivity contribution in [1.82, 2.24) is 9.97 Å². The molecule has 1 aliphatic rings. The SMILES string of the molecule is c1c[nH]c(Nc2ccc3c(c2)OCCO3)n1. The molecule has 0 unspecified atom stereocenters. The third-order valence-corrected chi connectivity index (χ3v) is 2.30. The van der Waals surface area contributed by atoms with E-state index in [1.165, 1.54) is 0 Å². The molecule has 2 N–H and O–H groups in total. The molecule has 0 amide bonds. The number of rotatable bonds is 2. The fourth-order valence-electron chi connectivity index (χ4n) is 1.59. The lowest BCUT2D eigenvalue weighted by molar-refractivity contribution is 0.171. The second-order valence-corrected chi connectivity index (χ2v) is 3.42. The van der Waals surface area contributed by atoms with Gasteiger partial charge in [0.1, 0.15) is 13.2 Å². The maximum atomic E-state index is 5.49. The van der Waals surface area contributed by atoms with E-state index in [9.17, 15) is 0 Å². The Morgan fingerprint density at radius 2 is 2.06 bits per heavy atom. The minimum Gasteiger partial charge on any atom is -0.486 e. The molecule has 0 bridgehead atoms. The van der Waals surface area contributed by atoms with Crippen molar-refractivity contribution in [1.29, 1.82) is 0 Å². The molecule has 0 aliphatic carbocycles. The topological polar surface area (TPSA) is 59.2 Å². The van der Waals surface area contributed by atoms with Crippen LogP contribution in [0.4, 0.5) is 11.6 Å². The van der Waals surface area contributed by atoms with Gasteiger partial charge in [0.25, 0.3) is 0 Å². The Bertz CT molecular complexity index is 482. The maximum Gasteiger partial charge on any atom is 0.204 e. The molecular formula is C11H11N3O2. The van der Waals surface area contributed by atoms with Crippen molar-refractivity contribution < 1.29 is 9.47 Å². The number of nitrogens with zero attached hydrogens (tertiary/aromatic N) is 1. The van der Waals surface area contributed by atoms with Crippen molar-refractivity contribution in [3.63, 3.8) is 0 Å². The van der Waals surface area contributed by atoms with Crippen LogP contribution < -0.4 is 14.8 Å². The average Bonchev–Trinajstić information content (AvgIpc) is 2.82. The maximum absolute atomic E-state index is 5.49. The smallest absolute Gasteiger partial charge is 0.204 e. The first-order valence-electron chi connectivity index (χ1n) is 5.08. The third-order valence-electron chi connectivity index (χ3n) is 2.30. The van der Waals surface area contributed by atoms with Crippen molar-refractivity contribution in [2.24, 2.45) is 0 Å². The van der Waals surface area contributed by atoms with Crippen LogP contribution >= 0.6 is 0 Å². The number of aromatic amines is 1. The van der Waals surface area contributed by atoms with Gasteiger partial charge in [-0.15, -0.1) is 0 Å². The van der Waals surface area contributed by atoms with Crippen molar-refractivity contribution in [3.05, 3.63) is 30.6 Å². The van der Waals surface area contributed by atoms with E-state index in [1.807, 2.05) is 18.2 Å². The van der Waals surface area contributed by atoms with E-state index in [0.717, 1.165) is 17.2 Å². The Kier molecular flexibility index (Phi) is 2.14. The molecule has 1 aromatic carbocycles. The average molecular weight is 217 g/mol. The van der Waals surface area contributed by atoms with Crippen LogP contribution in [0.1, 0.15) is 0 Å². The van der Waals surface area contributed by atoms with Crippen LogP contribution in [0.2, 0.25) is 0 Å². The summed E-state index contributed by atoms with van der Waals surface area (Å²) in [6, 6.07) is 5.72. The molecular weight excluding hydrogens is 206 g/mol. The fraction of sp³-hybridized carbons (Fsp3) is 0.182. The largest absolute Gasteiger partial charge is 0.486 e. The van der Waals surface area contributed by atoms with Crippen molar-refractivity contribution in [2.45, 2.75) is 0 Å². The summed E-state index contributed by atoms with van der Waals surface area (Å²) in [6.07, 6.45) is 3.46. The lowest BCUT2D eigenvalue weighted by atomic mass is 10.2. The quantitative estimate of drug-likeness (QED) is 0.806. The van der Waals surface area contributed by atoms with Gasteiger partial charge >= 0.3 is 0 Å². The summed E-state index contributed by atoms with van der Waals surface area (Å²) in [7, 11) is 0. The summed E-state index contributed by atoms with van der Waals surface area (Å²) in [4.78, 5) is 7.06. The normalized spacial score (nSPS) is 13.5. The van der Waals surface area contributed by atoms with E-state index >= 15 is 0 Å². The van der Waals surface area contributed by atoms with Crippen LogP contribution in [-0.4, -0.2) is 23.2 Å². The predicted octanol–water partition coefficient (Wildman–Crippen LogP) is 1.92. The summed E-state index contributed by atoms with van der Waals surface area (Å²) in [5, 5.41) is 3.13. The Hall–Kier alpha value is -2.17. The Labute approximate surface area is 92.4 Å². The molecule has 1 aromatic heterocycles. The zero-order valence-electron chi connectivity index (χ0n) is 8.56. The molecule has 3 rings (SSSR count). The number of ether oxygens (including phenoxy) is 2. The Morgan fingerprint density at radius 1 is 1.19 bits per heavy atom. The molecule has 0 fully saturated rings. The number of imidazole rings is 1. The highest BCUT2D eigenvalue weighted by molar-refractivity contribution is 5.59. The number of H-pyrrole nitrogens is 1. The highest BCUT2D eigenvalue weighted by Crippen LogP contribution is 2.33. The first-order valence-corrected chi connectivity index (χ1v) is 5.08. The van der Waals surface area contributed by atoms with Crippen LogP contribution in [0, 0.1) is 0 Å². The van der Waals surface area contributed by atoms with Crippen molar-refractivity contribution >= 4 is 11.6 Å². The van der Waals surface area contributed by atoms with E-state index < -0.39 is 0 Å². The third kappa shape index (κ3) is 1.67. The van der Waals surface area contributed by atoms with Gasteiger partial charge in [-0.25, -0.2) is 4.98 Å². The highest BCUT2D eigenvalue weighted by Gasteiger charge is 2.11. The van der Waals surface area contributed by atoms with Crippen LogP contribution in [0.3, 0.4) is 0 Å². The first-order chi connectivity index (χ1) is 7.92. The Morgan fingerprint density at radius 3 is 2.88 bits per heavy atom. The Balaban J connectivity index is 1.86. The molecule has 16 heavy (non-hydrogen) atoms. The summed E-state index contributed by atoms with van der Waals surface area (Å²) in [5.41, 5.74) is 0.916. The summed E-state index contributed by atoms with van der Waals surface area (Å²) in [5.74, 6) is 2.26. The summed E-state index contributed by atoms with van der Waals surface area (Å²) in [6.45, 7) is 1.20. The molecule has 0 saturated heterocycles. The summed E-state index contributed by atoms with van der Waals surface area (Å²) < 4.78 is 10.9. The van der Waals surface area contributed by atoms with Gasteiger partial charge in [-0.3, -0.25) is 0 Å². The molecule has 2 aromatic rings. The molecule has 82 valence electrons. The van der Waals surface area contributed by atoms with Gasteiger partial charge in [0.15, 0.2) is 11.5 Å². The van der Waals surface area contributed by atoms with Gasteiger partial charge in [-0.2, -0.15) is 0 Å². The standard InChI is InChI=1S/C11H11N3O2/c1-2-9-10(16-6-5-15-9)7-8(1)14-11-12-3-4-13-11/h1-4,7H,5-6H2,(H2,12,13,14). The molecule has 0 saturated carbocycles. The van der Waals surface area contributed by atoms with Crippen molar-refractivity contribution in [3.8, 4) is 11.5 Å². The molecule has 5 heteroatoms. The minimum atomic E-state index is 0.594. The molecule has 0 atom stereocenters. The zero-order chi connectivity index (χ0) is 10.8. The minimum absolute atomic E-state index is 0.594. The number of hydrogen-bond donors (Lipinski definition) is 2. The van der Waals surface area contributed by atoms with E-state index in [-0.39, 0.29) is 0 Å². The number of benzene rings is 1. The van der Waals surface area contributed by atoms with Gasteiger partial charge in [0.2, 0.25) is 5.95 Å². The van der Waals surface area contributed by atoms with Gasteiger partial charge in [-0.05, 0) is 12.1 Å². The molecule has 0 spiro atoms. The van der Waals surface area contributed by atoms with E-state index in [4.69, 9.17) is 9.47 Å². The second kappa shape index (κ2) is 3.77. The fourth-order valence-corrected chi connectivity index (χ4v) is 1.59. The highest BCUT2D eigenvalue weighted by atomic mass is 16.6. The number of aromatic nitrogens is 2. The van der Waals surface area contributed by atoms with Crippen LogP contribution in [0.25, 0.3) is 0 Å². The van der Waals surface area contributed by atoms with Crippen LogP contribution in [-0.2, 0) is 0 Å². The van der Waals surface area contributed by atoms with E-state index in [1.54, 1.807) is 12.4 Å². The zero-order valence-corrected chi connectivity index (χ0v) is 8.56. The first kappa shape index (κ1) is 9.08. The van der Waals surface area contributed by atoms with Crippen LogP contribution in [0.15, 0.2) is 30.6 Å².